The maximum atomic E-state index is 12.3. The zero-order chi connectivity index (χ0) is 22.1. The highest BCUT2D eigenvalue weighted by Crippen LogP contribution is 2.22. The maximum Gasteiger partial charge on any atom is 0.329 e. The van der Waals surface area contributed by atoms with Gasteiger partial charge in [-0.1, -0.05) is 23.7 Å². The molecule has 0 fully saturated rings. The third-order valence-corrected chi connectivity index (χ3v) is 4.15. The summed E-state index contributed by atoms with van der Waals surface area (Å²) in [6.07, 6.45) is 1.28. The van der Waals surface area contributed by atoms with Gasteiger partial charge < -0.3 is 15.4 Å². The third-order valence-electron chi connectivity index (χ3n) is 3.91. The standard InChI is InChI=1S/C21H23ClN4O4/c1-4-23-20(28)21(29)26-24-11-15-10-16(22)7-8-18(15)30-12-19(27)25-17-9-13(2)5-6-14(17)3/h5-11H,4,12H2,1-3H3,(H,23,28)(H,25,27)(H,26,29)/b24-11-. The molecule has 0 heterocycles. The van der Waals surface area contributed by atoms with Gasteiger partial charge in [-0.15, -0.1) is 0 Å². The fraction of sp³-hybridized carbons (Fsp3) is 0.238. The van der Waals surface area contributed by atoms with Crippen LogP contribution < -0.4 is 20.8 Å². The number of nitrogens with zero attached hydrogens (tertiary/aromatic N) is 1. The van der Waals surface area contributed by atoms with Crippen LogP contribution in [0.25, 0.3) is 0 Å². The lowest BCUT2D eigenvalue weighted by atomic mass is 10.1. The number of hydrogen-bond donors (Lipinski definition) is 3. The number of benzene rings is 2. The Morgan fingerprint density at radius 3 is 2.60 bits per heavy atom. The Kier molecular flexibility index (Phi) is 8.37. The highest BCUT2D eigenvalue weighted by molar-refractivity contribution is 6.35. The predicted octanol–water partition coefficient (Wildman–Crippen LogP) is 2.56. The lowest BCUT2D eigenvalue weighted by Crippen LogP contribution is -2.37. The van der Waals surface area contributed by atoms with Crippen LogP contribution in [0.5, 0.6) is 5.75 Å². The number of nitrogens with one attached hydrogen (secondary N) is 3. The van der Waals surface area contributed by atoms with Crippen molar-refractivity contribution in [3.8, 4) is 5.75 Å². The first-order valence-electron chi connectivity index (χ1n) is 9.20. The first-order valence-corrected chi connectivity index (χ1v) is 9.58. The minimum Gasteiger partial charge on any atom is -0.483 e. The number of amides is 3. The van der Waals surface area contributed by atoms with Crippen molar-refractivity contribution in [2.45, 2.75) is 20.8 Å². The zero-order valence-electron chi connectivity index (χ0n) is 16.9. The number of likely N-dealkylation sites (N-methyl/N-ethyl adjacent to an activating group) is 1. The van der Waals surface area contributed by atoms with Crippen molar-refractivity contribution < 1.29 is 19.1 Å². The molecule has 0 unspecified atom stereocenters. The average Bonchev–Trinajstić information content (AvgIpc) is 2.70. The van der Waals surface area contributed by atoms with Crippen LogP contribution in [0, 0.1) is 13.8 Å². The first kappa shape index (κ1) is 22.9. The van der Waals surface area contributed by atoms with Crippen LogP contribution in [-0.4, -0.2) is 37.1 Å². The van der Waals surface area contributed by atoms with E-state index in [2.05, 4.69) is 21.2 Å². The lowest BCUT2D eigenvalue weighted by molar-refractivity contribution is -0.139. The van der Waals surface area contributed by atoms with Crippen molar-refractivity contribution >= 4 is 41.2 Å². The van der Waals surface area contributed by atoms with Gasteiger partial charge in [-0.2, -0.15) is 5.10 Å². The molecule has 0 aliphatic carbocycles. The van der Waals surface area contributed by atoms with Crippen LogP contribution in [0.15, 0.2) is 41.5 Å². The minimum absolute atomic E-state index is 0.235. The predicted molar refractivity (Wildman–Crippen MR) is 116 cm³/mol. The molecule has 3 N–H and O–H groups in total. The Balaban J connectivity index is 2.01. The molecule has 0 saturated heterocycles. The van der Waals surface area contributed by atoms with Crippen LogP contribution in [0.1, 0.15) is 23.6 Å². The zero-order valence-corrected chi connectivity index (χ0v) is 17.7. The Labute approximate surface area is 179 Å². The fourth-order valence-corrected chi connectivity index (χ4v) is 2.58. The highest BCUT2D eigenvalue weighted by Gasteiger charge is 2.11. The van der Waals surface area contributed by atoms with Crippen LogP contribution in [-0.2, 0) is 14.4 Å². The van der Waals surface area contributed by atoms with Crippen molar-refractivity contribution in [2.75, 3.05) is 18.5 Å². The van der Waals surface area contributed by atoms with Gasteiger partial charge in [-0.05, 0) is 56.2 Å². The molecule has 0 aliphatic rings. The van der Waals surface area contributed by atoms with E-state index in [1.54, 1.807) is 25.1 Å². The number of anilines is 1. The van der Waals surface area contributed by atoms with Crippen molar-refractivity contribution in [3.05, 3.63) is 58.1 Å². The molecule has 2 aromatic rings. The summed E-state index contributed by atoms with van der Waals surface area (Å²) in [7, 11) is 0. The van der Waals surface area contributed by atoms with Gasteiger partial charge in [0.2, 0.25) is 0 Å². The molecule has 0 saturated carbocycles. The quantitative estimate of drug-likeness (QED) is 0.356. The number of ether oxygens (including phenoxy) is 1. The Morgan fingerprint density at radius 2 is 1.87 bits per heavy atom. The molecule has 3 amide bonds. The summed E-state index contributed by atoms with van der Waals surface area (Å²) in [5.41, 5.74) is 5.23. The average molecular weight is 431 g/mol. The molecule has 0 spiro atoms. The van der Waals surface area contributed by atoms with Gasteiger partial charge in [-0.25, -0.2) is 5.43 Å². The van der Waals surface area contributed by atoms with Crippen molar-refractivity contribution in [1.82, 2.24) is 10.7 Å². The van der Waals surface area contributed by atoms with Crippen LogP contribution in [0.2, 0.25) is 5.02 Å². The van der Waals surface area contributed by atoms with Crippen LogP contribution in [0.4, 0.5) is 5.69 Å². The third kappa shape index (κ3) is 6.89. The molecule has 8 nitrogen and oxygen atoms in total. The topological polar surface area (TPSA) is 109 Å². The highest BCUT2D eigenvalue weighted by atomic mass is 35.5. The first-order chi connectivity index (χ1) is 14.3. The number of rotatable bonds is 7. The molecule has 158 valence electrons. The molecule has 0 radical (unpaired) electrons. The van der Waals surface area contributed by atoms with Crippen molar-refractivity contribution in [1.29, 1.82) is 0 Å². The number of carbonyl (C=O) groups excluding carboxylic acids is 3. The second-order valence-corrected chi connectivity index (χ2v) is 6.83. The Morgan fingerprint density at radius 1 is 1.10 bits per heavy atom. The summed E-state index contributed by atoms with van der Waals surface area (Å²) < 4.78 is 5.59. The van der Waals surface area contributed by atoms with Crippen LogP contribution in [0.3, 0.4) is 0 Å². The molecule has 0 aromatic heterocycles. The van der Waals surface area contributed by atoms with Gasteiger partial charge in [0.05, 0.1) is 6.21 Å². The summed E-state index contributed by atoms with van der Waals surface area (Å²) in [4.78, 5) is 35.2. The van der Waals surface area contributed by atoms with Gasteiger partial charge in [0.25, 0.3) is 5.91 Å². The summed E-state index contributed by atoms with van der Waals surface area (Å²) >= 11 is 6.00. The van der Waals surface area contributed by atoms with E-state index in [9.17, 15) is 14.4 Å². The molecule has 0 atom stereocenters. The van der Waals surface area contributed by atoms with E-state index in [1.165, 1.54) is 6.21 Å². The summed E-state index contributed by atoms with van der Waals surface area (Å²) in [6.45, 7) is 5.63. The summed E-state index contributed by atoms with van der Waals surface area (Å²) in [5.74, 6) is -1.68. The largest absolute Gasteiger partial charge is 0.483 e. The second kappa shape index (κ2) is 11.0. The normalized spacial score (nSPS) is 10.5. The van der Waals surface area contributed by atoms with Gasteiger partial charge in [0.1, 0.15) is 5.75 Å². The number of halogens is 1. The minimum atomic E-state index is -0.898. The van der Waals surface area contributed by atoms with Crippen molar-refractivity contribution in [3.63, 3.8) is 0 Å². The van der Waals surface area contributed by atoms with E-state index in [0.717, 1.165) is 16.8 Å². The fourth-order valence-electron chi connectivity index (χ4n) is 2.40. The molecule has 9 heteroatoms. The lowest BCUT2D eigenvalue weighted by Gasteiger charge is -2.12. The maximum absolute atomic E-state index is 12.3. The van der Waals surface area contributed by atoms with Crippen LogP contribution >= 0.6 is 11.6 Å². The monoisotopic (exact) mass is 430 g/mol. The molecule has 2 aromatic carbocycles. The molecule has 30 heavy (non-hydrogen) atoms. The van der Waals surface area contributed by atoms with E-state index in [4.69, 9.17) is 16.3 Å². The number of hydrogen-bond acceptors (Lipinski definition) is 5. The molecule has 2 rings (SSSR count). The number of carbonyl (C=O) groups is 3. The smallest absolute Gasteiger partial charge is 0.329 e. The molecular formula is C21H23ClN4O4. The van der Waals surface area contributed by atoms with E-state index in [0.29, 0.717) is 22.9 Å². The molecular weight excluding hydrogens is 408 g/mol. The summed E-state index contributed by atoms with van der Waals surface area (Å²) in [5, 5.41) is 9.32. The molecule has 0 bridgehead atoms. The van der Waals surface area contributed by atoms with Gasteiger partial charge in [0, 0.05) is 22.8 Å². The van der Waals surface area contributed by atoms with Crippen molar-refractivity contribution in [2.24, 2.45) is 5.10 Å². The second-order valence-electron chi connectivity index (χ2n) is 6.40. The van der Waals surface area contributed by atoms with Gasteiger partial charge in [0.15, 0.2) is 6.61 Å². The number of hydrazone groups is 1. The Hall–Kier alpha value is -3.39. The summed E-state index contributed by atoms with van der Waals surface area (Å²) in [6, 6.07) is 10.5. The van der Waals surface area contributed by atoms with Gasteiger partial charge >= 0.3 is 11.8 Å². The SMILES string of the molecule is CCNC(=O)C(=O)N/N=C\c1cc(Cl)ccc1OCC(=O)Nc1cc(C)ccc1C. The molecule has 0 aliphatic heterocycles. The number of aryl methyl sites for hydroxylation is 2. The van der Waals surface area contributed by atoms with E-state index in [1.807, 2.05) is 32.0 Å². The Bertz CT molecular complexity index is 975. The van der Waals surface area contributed by atoms with E-state index in [-0.39, 0.29) is 12.5 Å². The van der Waals surface area contributed by atoms with E-state index >= 15 is 0 Å². The van der Waals surface area contributed by atoms with E-state index < -0.39 is 11.8 Å². The van der Waals surface area contributed by atoms with Gasteiger partial charge in [-0.3, -0.25) is 14.4 Å².